The summed E-state index contributed by atoms with van der Waals surface area (Å²) in [5, 5.41) is 11.6. The number of nitriles is 1. The lowest BCUT2D eigenvalue weighted by Gasteiger charge is -2.14. The van der Waals surface area contributed by atoms with Gasteiger partial charge in [0.1, 0.15) is 0 Å². The Morgan fingerprint density at radius 1 is 1.67 bits per heavy atom. The Balaban J connectivity index is 2.13. The topological polar surface area (TPSA) is 39.1 Å². The predicted molar refractivity (Wildman–Crippen MR) is 48.8 cm³/mol. The van der Waals surface area contributed by atoms with Crippen LogP contribution in [-0.2, 0) is 0 Å². The number of rotatable bonds is 4. The zero-order valence-electron chi connectivity index (χ0n) is 7.71. The fraction of sp³-hybridized carbons (Fsp3) is 0.889. The Hall–Kier alpha value is -0.590. The van der Waals surface area contributed by atoms with Crippen molar-refractivity contribution in [2.24, 2.45) is 0 Å². The summed E-state index contributed by atoms with van der Waals surface area (Å²) in [7, 11) is 0. The van der Waals surface area contributed by atoms with E-state index in [-0.39, 0.29) is 0 Å². The van der Waals surface area contributed by atoms with E-state index in [0.29, 0.717) is 12.6 Å². The Bertz CT molecular complexity index is 162. The molecule has 0 spiro atoms. The molecule has 3 nitrogen and oxygen atoms in total. The number of likely N-dealkylation sites (tertiary alicyclic amines) is 1. The van der Waals surface area contributed by atoms with Crippen LogP contribution in [0.1, 0.15) is 19.8 Å². The minimum Gasteiger partial charge on any atom is -0.302 e. The minimum absolute atomic E-state index is 0.491. The first-order chi connectivity index (χ1) is 5.86. The first-order valence-corrected chi connectivity index (χ1v) is 4.69. The van der Waals surface area contributed by atoms with Crippen LogP contribution in [0.15, 0.2) is 0 Å². The van der Waals surface area contributed by atoms with Crippen molar-refractivity contribution in [3.8, 4) is 6.07 Å². The number of hydrogen-bond acceptors (Lipinski definition) is 3. The second-order valence-electron chi connectivity index (χ2n) is 3.33. The van der Waals surface area contributed by atoms with Crippen LogP contribution >= 0.6 is 0 Å². The monoisotopic (exact) mass is 167 g/mol. The first-order valence-electron chi connectivity index (χ1n) is 4.69. The van der Waals surface area contributed by atoms with Crippen molar-refractivity contribution in [1.29, 1.82) is 5.26 Å². The molecule has 1 rings (SSSR count). The Morgan fingerprint density at radius 3 is 3.17 bits per heavy atom. The molecule has 0 radical (unpaired) electrons. The van der Waals surface area contributed by atoms with Crippen LogP contribution in [0.2, 0.25) is 0 Å². The van der Waals surface area contributed by atoms with Crippen LogP contribution in [0.3, 0.4) is 0 Å². The van der Waals surface area contributed by atoms with Gasteiger partial charge in [0.15, 0.2) is 0 Å². The quantitative estimate of drug-likeness (QED) is 0.623. The molecule has 1 aliphatic heterocycles. The molecule has 0 saturated carbocycles. The highest BCUT2D eigenvalue weighted by molar-refractivity contribution is 4.84. The maximum absolute atomic E-state index is 8.37. The summed E-state index contributed by atoms with van der Waals surface area (Å²) < 4.78 is 0. The van der Waals surface area contributed by atoms with E-state index in [0.717, 1.165) is 6.54 Å². The molecular formula is C9H17N3. The van der Waals surface area contributed by atoms with Gasteiger partial charge in [-0.25, -0.2) is 0 Å². The molecule has 1 atom stereocenters. The van der Waals surface area contributed by atoms with Gasteiger partial charge in [0, 0.05) is 12.6 Å². The zero-order chi connectivity index (χ0) is 8.81. The maximum atomic E-state index is 8.37. The molecule has 68 valence electrons. The Morgan fingerprint density at radius 2 is 2.50 bits per heavy atom. The third kappa shape index (κ3) is 2.80. The smallest absolute Gasteiger partial charge is 0.0843 e. The standard InChI is InChI=1S/C9H17N3/c1-2-6-12-7-3-9(8-12)11-5-4-10/h9,11H,2-3,5-8H2,1H3. The lowest BCUT2D eigenvalue weighted by Crippen LogP contribution is -2.32. The highest BCUT2D eigenvalue weighted by Crippen LogP contribution is 2.08. The molecule has 1 N–H and O–H groups in total. The third-order valence-electron chi connectivity index (χ3n) is 2.28. The van der Waals surface area contributed by atoms with Crippen LogP contribution in [-0.4, -0.2) is 37.1 Å². The average Bonchev–Trinajstić information content (AvgIpc) is 2.50. The van der Waals surface area contributed by atoms with Crippen LogP contribution in [0.5, 0.6) is 0 Å². The van der Waals surface area contributed by atoms with Crippen molar-refractivity contribution in [2.75, 3.05) is 26.2 Å². The molecule has 12 heavy (non-hydrogen) atoms. The van der Waals surface area contributed by atoms with Crippen LogP contribution < -0.4 is 5.32 Å². The molecule has 0 bridgehead atoms. The molecule has 0 amide bonds. The van der Waals surface area contributed by atoms with Gasteiger partial charge in [-0.15, -0.1) is 0 Å². The molecule has 3 heteroatoms. The summed E-state index contributed by atoms with van der Waals surface area (Å²) >= 11 is 0. The number of nitrogens with one attached hydrogen (secondary N) is 1. The summed E-state index contributed by atoms with van der Waals surface area (Å²) in [5.41, 5.74) is 0. The molecule has 1 saturated heterocycles. The summed E-state index contributed by atoms with van der Waals surface area (Å²) in [5.74, 6) is 0. The van der Waals surface area contributed by atoms with Gasteiger partial charge < -0.3 is 10.2 Å². The normalized spacial score (nSPS) is 24.2. The van der Waals surface area contributed by atoms with Gasteiger partial charge in [-0.1, -0.05) is 6.92 Å². The van der Waals surface area contributed by atoms with Crippen LogP contribution in [0.4, 0.5) is 0 Å². The van der Waals surface area contributed by atoms with Crippen molar-refractivity contribution in [2.45, 2.75) is 25.8 Å². The van der Waals surface area contributed by atoms with Gasteiger partial charge in [-0.3, -0.25) is 0 Å². The number of nitrogens with zero attached hydrogens (tertiary/aromatic N) is 2. The van der Waals surface area contributed by atoms with Gasteiger partial charge in [0.25, 0.3) is 0 Å². The van der Waals surface area contributed by atoms with E-state index in [1.165, 1.54) is 25.9 Å². The summed E-state index contributed by atoms with van der Waals surface area (Å²) in [6.07, 6.45) is 2.42. The first kappa shape index (κ1) is 9.50. The number of hydrogen-bond donors (Lipinski definition) is 1. The van der Waals surface area contributed by atoms with E-state index in [1.807, 2.05) is 0 Å². The van der Waals surface area contributed by atoms with Crippen molar-refractivity contribution in [3.63, 3.8) is 0 Å². The highest BCUT2D eigenvalue weighted by Gasteiger charge is 2.20. The Labute approximate surface area is 74.4 Å². The van der Waals surface area contributed by atoms with Gasteiger partial charge in [0.2, 0.25) is 0 Å². The lowest BCUT2D eigenvalue weighted by atomic mass is 10.3. The maximum Gasteiger partial charge on any atom is 0.0843 e. The van der Waals surface area contributed by atoms with Crippen molar-refractivity contribution < 1.29 is 0 Å². The lowest BCUT2D eigenvalue weighted by molar-refractivity contribution is 0.330. The second-order valence-corrected chi connectivity index (χ2v) is 3.33. The molecule has 1 unspecified atom stereocenters. The fourth-order valence-electron chi connectivity index (χ4n) is 1.71. The van der Waals surface area contributed by atoms with E-state index in [1.54, 1.807) is 0 Å². The molecule has 0 aromatic carbocycles. The average molecular weight is 167 g/mol. The van der Waals surface area contributed by atoms with Crippen molar-refractivity contribution in [1.82, 2.24) is 10.2 Å². The van der Waals surface area contributed by atoms with E-state index in [9.17, 15) is 0 Å². The molecule has 0 aromatic rings. The molecule has 1 heterocycles. The third-order valence-corrected chi connectivity index (χ3v) is 2.28. The summed E-state index contributed by atoms with van der Waals surface area (Å²) in [4.78, 5) is 2.45. The van der Waals surface area contributed by atoms with Gasteiger partial charge >= 0.3 is 0 Å². The van der Waals surface area contributed by atoms with Gasteiger partial charge in [-0.05, 0) is 25.9 Å². The van der Waals surface area contributed by atoms with E-state index >= 15 is 0 Å². The van der Waals surface area contributed by atoms with E-state index in [4.69, 9.17) is 5.26 Å². The zero-order valence-corrected chi connectivity index (χ0v) is 7.71. The second kappa shape index (κ2) is 5.13. The van der Waals surface area contributed by atoms with E-state index < -0.39 is 0 Å². The fourth-order valence-corrected chi connectivity index (χ4v) is 1.71. The molecular weight excluding hydrogens is 150 g/mol. The summed E-state index contributed by atoms with van der Waals surface area (Å²) in [6.45, 7) is 6.21. The molecule has 0 aliphatic carbocycles. The largest absolute Gasteiger partial charge is 0.302 e. The van der Waals surface area contributed by atoms with Crippen molar-refractivity contribution >= 4 is 0 Å². The highest BCUT2D eigenvalue weighted by atomic mass is 15.2. The van der Waals surface area contributed by atoms with Crippen LogP contribution in [0.25, 0.3) is 0 Å². The minimum atomic E-state index is 0.491. The van der Waals surface area contributed by atoms with E-state index in [2.05, 4.69) is 23.2 Å². The SMILES string of the molecule is CCCN1CCC(NCC#N)C1. The summed E-state index contributed by atoms with van der Waals surface area (Å²) in [6, 6.07) is 2.66. The van der Waals surface area contributed by atoms with Crippen LogP contribution in [0, 0.1) is 11.3 Å². The van der Waals surface area contributed by atoms with Gasteiger partial charge in [0.05, 0.1) is 12.6 Å². The Kier molecular flexibility index (Phi) is 4.06. The van der Waals surface area contributed by atoms with Crippen molar-refractivity contribution in [3.05, 3.63) is 0 Å². The molecule has 1 fully saturated rings. The molecule has 1 aliphatic rings. The predicted octanol–water partition coefficient (Wildman–Crippen LogP) is 0.584. The molecule has 0 aromatic heterocycles. The van der Waals surface area contributed by atoms with Gasteiger partial charge in [-0.2, -0.15) is 5.26 Å².